The third-order valence-electron chi connectivity index (χ3n) is 7.31. The van der Waals surface area contributed by atoms with Crippen LogP contribution in [0, 0.1) is 5.92 Å². The molecular weight excluding hydrogens is 655 g/mol. The van der Waals surface area contributed by atoms with Crippen LogP contribution in [-0.2, 0) is 20.6 Å². The highest BCUT2D eigenvalue weighted by Crippen LogP contribution is 2.54. The van der Waals surface area contributed by atoms with Gasteiger partial charge in [-0.25, -0.2) is 4.90 Å². The van der Waals surface area contributed by atoms with Crippen molar-refractivity contribution >= 4 is 63.8 Å². The number of nitrogens with zero attached hydrogens (tertiary/aromatic N) is 1. The molecule has 2 aliphatic heterocycles. The van der Waals surface area contributed by atoms with Gasteiger partial charge in [0.05, 0.1) is 29.3 Å². The fourth-order valence-corrected chi connectivity index (χ4v) is 8.03. The third-order valence-corrected chi connectivity index (χ3v) is 9.96. The van der Waals surface area contributed by atoms with Crippen molar-refractivity contribution in [2.75, 3.05) is 23.9 Å². The normalized spacial score (nSPS) is 19.2. The number of thiazole rings is 1. The predicted molar refractivity (Wildman–Crippen MR) is 162 cm³/mol. The van der Waals surface area contributed by atoms with Crippen LogP contribution in [0.2, 0.25) is 5.02 Å². The average molecular weight is 676 g/mol. The van der Waals surface area contributed by atoms with Gasteiger partial charge in [-0.05, 0) is 54.1 Å². The van der Waals surface area contributed by atoms with Crippen LogP contribution < -0.4 is 24.6 Å². The third kappa shape index (κ3) is 5.80. The second-order valence-corrected chi connectivity index (χ2v) is 12.6. The highest BCUT2D eigenvalue weighted by molar-refractivity contribution is 8.00. The van der Waals surface area contributed by atoms with Crippen molar-refractivity contribution in [1.82, 2.24) is 4.98 Å². The molecule has 3 atom stereocenters. The minimum Gasteiger partial charge on any atom is -0.493 e. The number of carbonyl (C=O) groups is 3. The number of amides is 3. The number of fused-ring (bicyclic) bond motifs is 2. The van der Waals surface area contributed by atoms with Gasteiger partial charge in [-0.1, -0.05) is 52.9 Å². The minimum atomic E-state index is -4.81. The molecule has 3 heterocycles. The predicted octanol–water partition coefficient (Wildman–Crippen LogP) is 5.93. The first-order valence-electron chi connectivity index (χ1n) is 13.3. The lowest BCUT2D eigenvalue weighted by molar-refractivity contribution is -0.137. The van der Waals surface area contributed by atoms with Gasteiger partial charge in [0.1, 0.15) is 5.25 Å². The van der Waals surface area contributed by atoms with Crippen molar-refractivity contribution in [2.24, 2.45) is 5.92 Å². The van der Waals surface area contributed by atoms with Gasteiger partial charge in [-0.3, -0.25) is 19.2 Å². The van der Waals surface area contributed by atoms with Gasteiger partial charge in [-0.15, -0.1) is 0 Å². The molecule has 6 rings (SSSR count). The molecule has 1 saturated heterocycles. The summed E-state index contributed by atoms with van der Waals surface area (Å²) in [5.74, 6) is -3.67. The van der Waals surface area contributed by atoms with Gasteiger partial charge in [0.15, 0.2) is 18.1 Å². The fourth-order valence-electron chi connectivity index (χ4n) is 5.39. The summed E-state index contributed by atoms with van der Waals surface area (Å²) in [6, 6.07) is 15.6. The van der Waals surface area contributed by atoms with Crippen LogP contribution in [0.5, 0.6) is 11.5 Å². The Hall–Kier alpha value is -4.27. The minimum absolute atomic E-state index is 0.196. The number of thioether (sulfide) groups is 1. The quantitative estimate of drug-likeness (QED) is 0.233. The molecule has 4 aromatic rings. The number of methoxy groups -OCH3 is 1. The van der Waals surface area contributed by atoms with Crippen molar-refractivity contribution in [2.45, 2.75) is 22.4 Å². The number of aromatic nitrogens is 1. The molecule has 0 bridgehead atoms. The highest BCUT2D eigenvalue weighted by Gasteiger charge is 2.57. The van der Waals surface area contributed by atoms with E-state index in [2.05, 4.69) is 10.3 Å². The molecule has 2 unspecified atom stereocenters. The molecule has 1 aromatic heterocycles. The molecule has 3 aromatic carbocycles. The van der Waals surface area contributed by atoms with Gasteiger partial charge in [0.25, 0.3) is 5.91 Å². The largest absolute Gasteiger partial charge is 0.493 e. The molecule has 9 nitrogen and oxygen atoms in total. The standard InChI is InChI=1S/C30H21ClF3N3O6S2/c1-42-20-12-14(6-11-19(20)43-13-21(38)35-16-9-7-15(31)8-10-16)22-23-25(44-26-24(22)45-29(41)36-26)28(40)37(27(23)39)18-5-3-2-4-17(18)30(32,33)34/h2-12,22-23,25H,13H2,1H3,(H,35,38)(H,36,41)/t22-,23?,25?/m1/s1. The smallest absolute Gasteiger partial charge is 0.418 e. The Morgan fingerprint density at radius 1 is 1.02 bits per heavy atom. The molecule has 45 heavy (non-hydrogen) atoms. The van der Waals surface area contributed by atoms with Gasteiger partial charge in [-0.2, -0.15) is 13.2 Å². The van der Waals surface area contributed by atoms with E-state index in [1.165, 1.54) is 25.3 Å². The Morgan fingerprint density at radius 3 is 2.47 bits per heavy atom. The maximum absolute atomic E-state index is 13.9. The maximum Gasteiger partial charge on any atom is 0.418 e. The molecular formula is C30H21ClF3N3O6S2. The first-order valence-corrected chi connectivity index (χ1v) is 15.3. The lowest BCUT2D eigenvalue weighted by atomic mass is 9.83. The molecule has 1 fully saturated rings. The van der Waals surface area contributed by atoms with E-state index < -0.39 is 57.1 Å². The van der Waals surface area contributed by atoms with E-state index in [1.807, 2.05) is 0 Å². The van der Waals surface area contributed by atoms with E-state index in [1.54, 1.807) is 36.4 Å². The summed E-state index contributed by atoms with van der Waals surface area (Å²) in [5.41, 5.74) is -0.685. The summed E-state index contributed by atoms with van der Waals surface area (Å²) < 4.78 is 52.9. The first kappa shape index (κ1) is 30.7. The molecule has 15 heteroatoms. The van der Waals surface area contributed by atoms with Crippen molar-refractivity contribution in [3.05, 3.63) is 97.4 Å². The van der Waals surface area contributed by atoms with Crippen LogP contribution in [-0.4, -0.2) is 41.7 Å². The van der Waals surface area contributed by atoms with Crippen LogP contribution >= 0.6 is 34.7 Å². The molecule has 2 aliphatic rings. The van der Waals surface area contributed by atoms with Gasteiger partial charge >= 0.3 is 11.0 Å². The molecule has 0 radical (unpaired) electrons. The van der Waals surface area contributed by atoms with E-state index >= 15 is 0 Å². The van der Waals surface area contributed by atoms with Gasteiger partial charge < -0.3 is 19.8 Å². The fraction of sp³-hybridized carbons (Fsp3) is 0.200. The van der Waals surface area contributed by atoms with Crippen molar-refractivity contribution in [3.8, 4) is 11.5 Å². The zero-order chi connectivity index (χ0) is 32.0. The summed E-state index contributed by atoms with van der Waals surface area (Å²) in [6.07, 6.45) is -4.81. The van der Waals surface area contributed by atoms with Crippen LogP contribution in [0.1, 0.15) is 21.9 Å². The number of halogens is 4. The van der Waals surface area contributed by atoms with Gasteiger partial charge in [0.2, 0.25) is 11.8 Å². The molecule has 232 valence electrons. The Bertz CT molecular complexity index is 1880. The monoisotopic (exact) mass is 675 g/mol. The Morgan fingerprint density at radius 2 is 1.76 bits per heavy atom. The van der Waals surface area contributed by atoms with Crippen LogP contribution in [0.25, 0.3) is 0 Å². The lowest BCUT2D eigenvalue weighted by Gasteiger charge is -2.30. The number of imide groups is 1. The molecule has 0 aliphatic carbocycles. The van der Waals surface area contributed by atoms with Crippen LogP contribution in [0.15, 0.2) is 76.6 Å². The number of benzene rings is 3. The molecule has 3 amide bonds. The number of H-pyrrole nitrogens is 1. The number of para-hydroxylation sites is 1. The van der Waals surface area contributed by atoms with Crippen LogP contribution in [0.3, 0.4) is 0 Å². The number of carbonyl (C=O) groups excluding carboxylic acids is 3. The number of nitrogens with one attached hydrogen (secondary N) is 2. The summed E-state index contributed by atoms with van der Waals surface area (Å²) in [6.45, 7) is -0.368. The Labute approximate surface area is 266 Å². The number of hydrogen-bond donors (Lipinski definition) is 2. The van der Waals surface area contributed by atoms with Crippen LogP contribution in [0.4, 0.5) is 24.5 Å². The lowest BCUT2D eigenvalue weighted by Crippen LogP contribution is -2.33. The number of aromatic amines is 1. The van der Waals surface area contributed by atoms with E-state index in [9.17, 15) is 32.3 Å². The Kier molecular flexibility index (Phi) is 8.14. The van der Waals surface area contributed by atoms with Crippen molar-refractivity contribution < 1.29 is 37.0 Å². The van der Waals surface area contributed by atoms with Crippen molar-refractivity contribution in [3.63, 3.8) is 0 Å². The second kappa shape index (κ2) is 11.9. The topological polar surface area (TPSA) is 118 Å². The van der Waals surface area contributed by atoms with Gasteiger partial charge in [0, 0.05) is 21.5 Å². The zero-order valence-electron chi connectivity index (χ0n) is 23.0. The summed E-state index contributed by atoms with van der Waals surface area (Å²) in [7, 11) is 1.37. The average Bonchev–Trinajstić information content (AvgIpc) is 3.50. The molecule has 0 spiro atoms. The highest BCUT2D eigenvalue weighted by atomic mass is 35.5. The molecule has 2 N–H and O–H groups in total. The SMILES string of the molecule is COc1cc([C@H]2c3sc(=O)[nH]c3SC3C(=O)N(c4ccccc4C(F)(F)F)C(=O)C32)ccc1OCC(=O)Nc1ccc(Cl)cc1. The number of rotatable bonds is 7. The number of hydrogen-bond acceptors (Lipinski definition) is 8. The van der Waals surface area contributed by atoms with E-state index in [0.717, 1.165) is 35.2 Å². The zero-order valence-corrected chi connectivity index (χ0v) is 25.4. The van der Waals surface area contributed by atoms with E-state index in [-0.39, 0.29) is 18.1 Å². The number of anilines is 2. The number of ether oxygens (including phenoxy) is 2. The van der Waals surface area contributed by atoms with E-state index in [0.29, 0.717) is 31.1 Å². The summed E-state index contributed by atoms with van der Waals surface area (Å²) >= 11 is 7.68. The maximum atomic E-state index is 13.9. The van der Waals surface area contributed by atoms with Crippen molar-refractivity contribution in [1.29, 1.82) is 0 Å². The summed E-state index contributed by atoms with van der Waals surface area (Å²) in [5, 5.41) is 2.45. The molecule has 0 saturated carbocycles. The first-order chi connectivity index (χ1) is 21.5. The van der Waals surface area contributed by atoms with E-state index in [4.69, 9.17) is 21.1 Å². The Balaban J connectivity index is 1.32. The number of alkyl halides is 3. The summed E-state index contributed by atoms with van der Waals surface area (Å²) in [4.78, 5) is 55.8. The second-order valence-electron chi connectivity index (χ2n) is 10.0.